The largest absolute Gasteiger partial charge is 0.496 e. The topological polar surface area (TPSA) is 76.6 Å². The zero-order valence-electron chi connectivity index (χ0n) is 14.5. The lowest BCUT2D eigenvalue weighted by molar-refractivity contribution is 0.181. The molecular formula is C18H22N4O3. The van der Waals surface area contributed by atoms with Gasteiger partial charge in [-0.15, -0.1) is 0 Å². The second-order valence-corrected chi connectivity index (χ2v) is 5.84. The molecule has 0 fully saturated rings. The van der Waals surface area contributed by atoms with Crippen LogP contribution in [0, 0.1) is 0 Å². The number of benzene rings is 1. The quantitative estimate of drug-likeness (QED) is 0.922. The van der Waals surface area contributed by atoms with Crippen molar-refractivity contribution in [2.45, 2.75) is 19.4 Å². The molecule has 2 heterocycles. The summed E-state index contributed by atoms with van der Waals surface area (Å²) in [5, 5.41) is 2.84. The fourth-order valence-corrected chi connectivity index (χ4v) is 3.02. The van der Waals surface area contributed by atoms with Gasteiger partial charge in [-0.05, 0) is 30.0 Å². The predicted octanol–water partition coefficient (Wildman–Crippen LogP) is 2.26. The summed E-state index contributed by atoms with van der Waals surface area (Å²) in [4.78, 5) is 22.6. The first kappa shape index (κ1) is 17.2. The SMILES string of the molecule is COCc1cc(NC(=O)N2CCc3cccc(OC)c3CC2)ncn1. The standard InChI is InChI=1S/C18H22N4O3/c1-24-11-14-10-17(20-12-19-14)21-18(23)22-8-6-13-4-3-5-16(25-2)15(13)7-9-22/h3-5,10,12H,6-9,11H2,1-2H3,(H,19,20,21,23). The molecule has 2 amide bonds. The van der Waals surface area contributed by atoms with Crippen molar-refractivity contribution in [2.24, 2.45) is 0 Å². The highest BCUT2D eigenvalue weighted by molar-refractivity contribution is 5.88. The first-order valence-corrected chi connectivity index (χ1v) is 8.22. The van der Waals surface area contributed by atoms with E-state index in [9.17, 15) is 4.79 Å². The number of aromatic nitrogens is 2. The molecular weight excluding hydrogens is 320 g/mol. The number of hydrogen-bond donors (Lipinski definition) is 1. The van der Waals surface area contributed by atoms with Gasteiger partial charge in [-0.2, -0.15) is 0 Å². The summed E-state index contributed by atoms with van der Waals surface area (Å²) < 4.78 is 10.5. The van der Waals surface area contributed by atoms with E-state index in [1.807, 2.05) is 12.1 Å². The van der Waals surface area contributed by atoms with Crippen molar-refractivity contribution in [3.63, 3.8) is 0 Å². The number of carbonyl (C=O) groups is 1. The Bertz CT molecular complexity index is 751. The van der Waals surface area contributed by atoms with E-state index in [0.717, 1.165) is 24.3 Å². The molecule has 1 N–H and O–H groups in total. The molecule has 7 nitrogen and oxygen atoms in total. The lowest BCUT2D eigenvalue weighted by atomic mass is 10.0. The minimum absolute atomic E-state index is 0.158. The zero-order chi connectivity index (χ0) is 17.6. The molecule has 0 unspecified atom stereocenters. The molecule has 3 rings (SSSR count). The van der Waals surface area contributed by atoms with Crippen LogP contribution in [0.2, 0.25) is 0 Å². The Morgan fingerprint density at radius 3 is 2.88 bits per heavy atom. The highest BCUT2D eigenvalue weighted by atomic mass is 16.5. The Labute approximate surface area is 147 Å². The number of rotatable bonds is 4. The van der Waals surface area contributed by atoms with Crippen molar-refractivity contribution in [3.05, 3.63) is 47.4 Å². The molecule has 132 valence electrons. The molecule has 0 aliphatic carbocycles. The summed E-state index contributed by atoms with van der Waals surface area (Å²) in [5.74, 6) is 1.37. The Morgan fingerprint density at radius 2 is 2.08 bits per heavy atom. The monoisotopic (exact) mass is 342 g/mol. The highest BCUT2D eigenvalue weighted by Gasteiger charge is 2.20. The van der Waals surface area contributed by atoms with Gasteiger partial charge in [0.1, 0.15) is 17.9 Å². The number of hydrogen-bond acceptors (Lipinski definition) is 5. The molecule has 0 atom stereocenters. The lowest BCUT2D eigenvalue weighted by Gasteiger charge is -2.20. The maximum absolute atomic E-state index is 12.6. The van der Waals surface area contributed by atoms with E-state index in [1.165, 1.54) is 17.5 Å². The van der Waals surface area contributed by atoms with Crippen molar-refractivity contribution in [1.29, 1.82) is 0 Å². The molecule has 2 aromatic rings. The maximum atomic E-state index is 12.6. The molecule has 1 aromatic heterocycles. The summed E-state index contributed by atoms with van der Waals surface area (Å²) in [7, 11) is 3.28. The van der Waals surface area contributed by atoms with E-state index in [1.54, 1.807) is 25.2 Å². The number of amides is 2. The van der Waals surface area contributed by atoms with Gasteiger partial charge in [0.15, 0.2) is 0 Å². The van der Waals surface area contributed by atoms with Crippen LogP contribution in [0.25, 0.3) is 0 Å². The van der Waals surface area contributed by atoms with Gasteiger partial charge in [-0.1, -0.05) is 12.1 Å². The fourth-order valence-electron chi connectivity index (χ4n) is 3.02. The summed E-state index contributed by atoms with van der Waals surface area (Å²) in [6, 6.07) is 7.62. The van der Waals surface area contributed by atoms with Crippen LogP contribution in [0.1, 0.15) is 16.8 Å². The number of nitrogens with zero attached hydrogens (tertiary/aromatic N) is 3. The van der Waals surface area contributed by atoms with E-state index in [2.05, 4.69) is 21.4 Å². The number of methoxy groups -OCH3 is 2. The van der Waals surface area contributed by atoms with E-state index < -0.39 is 0 Å². The van der Waals surface area contributed by atoms with Gasteiger partial charge in [-0.3, -0.25) is 5.32 Å². The third kappa shape index (κ3) is 4.06. The van der Waals surface area contributed by atoms with Crippen molar-refractivity contribution in [1.82, 2.24) is 14.9 Å². The van der Waals surface area contributed by atoms with Crippen molar-refractivity contribution >= 4 is 11.8 Å². The minimum atomic E-state index is -0.158. The Hall–Kier alpha value is -2.67. The fraction of sp³-hybridized carbons (Fsp3) is 0.389. The van der Waals surface area contributed by atoms with Crippen LogP contribution < -0.4 is 10.1 Å². The molecule has 0 spiro atoms. The molecule has 0 saturated carbocycles. The van der Waals surface area contributed by atoms with Crippen LogP contribution in [0.3, 0.4) is 0 Å². The Balaban J connectivity index is 1.67. The molecule has 0 radical (unpaired) electrons. The molecule has 0 saturated heterocycles. The zero-order valence-corrected chi connectivity index (χ0v) is 14.5. The molecule has 0 bridgehead atoms. The average molecular weight is 342 g/mol. The average Bonchev–Trinajstić information content (AvgIpc) is 2.85. The van der Waals surface area contributed by atoms with Crippen LogP contribution >= 0.6 is 0 Å². The van der Waals surface area contributed by atoms with Gasteiger partial charge >= 0.3 is 6.03 Å². The molecule has 1 aromatic carbocycles. The number of carbonyl (C=O) groups excluding carboxylic acids is 1. The van der Waals surface area contributed by atoms with E-state index >= 15 is 0 Å². The van der Waals surface area contributed by atoms with Crippen LogP contribution in [-0.2, 0) is 24.2 Å². The Morgan fingerprint density at radius 1 is 1.24 bits per heavy atom. The van der Waals surface area contributed by atoms with Gasteiger partial charge in [0, 0.05) is 26.3 Å². The van der Waals surface area contributed by atoms with Gasteiger partial charge in [0.05, 0.1) is 19.4 Å². The van der Waals surface area contributed by atoms with Gasteiger partial charge in [0.2, 0.25) is 0 Å². The summed E-state index contributed by atoms with van der Waals surface area (Å²) in [6.07, 6.45) is 3.00. The summed E-state index contributed by atoms with van der Waals surface area (Å²) in [6.45, 7) is 1.67. The van der Waals surface area contributed by atoms with E-state index in [4.69, 9.17) is 9.47 Å². The first-order valence-electron chi connectivity index (χ1n) is 8.22. The van der Waals surface area contributed by atoms with Crippen LogP contribution in [0.15, 0.2) is 30.6 Å². The van der Waals surface area contributed by atoms with Crippen molar-refractivity contribution in [2.75, 3.05) is 32.6 Å². The lowest BCUT2D eigenvalue weighted by Crippen LogP contribution is -2.37. The van der Waals surface area contributed by atoms with Crippen molar-refractivity contribution < 1.29 is 14.3 Å². The second-order valence-electron chi connectivity index (χ2n) is 5.84. The number of urea groups is 1. The van der Waals surface area contributed by atoms with Gasteiger partial charge in [0.25, 0.3) is 0 Å². The van der Waals surface area contributed by atoms with E-state index in [-0.39, 0.29) is 6.03 Å². The summed E-state index contributed by atoms with van der Waals surface area (Å²) in [5.41, 5.74) is 3.14. The smallest absolute Gasteiger partial charge is 0.323 e. The second kappa shape index (κ2) is 7.94. The summed E-state index contributed by atoms with van der Waals surface area (Å²) >= 11 is 0. The van der Waals surface area contributed by atoms with Gasteiger partial charge < -0.3 is 14.4 Å². The normalized spacial score (nSPS) is 13.8. The third-order valence-corrected chi connectivity index (χ3v) is 4.27. The Kier molecular flexibility index (Phi) is 5.45. The molecule has 7 heteroatoms. The number of ether oxygens (including phenoxy) is 2. The number of anilines is 1. The van der Waals surface area contributed by atoms with Crippen LogP contribution in [0.4, 0.5) is 10.6 Å². The third-order valence-electron chi connectivity index (χ3n) is 4.27. The molecule has 1 aliphatic heterocycles. The van der Waals surface area contributed by atoms with Crippen molar-refractivity contribution in [3.8, 4) is 5.75 Å². The van der Waals surface area contributed by atoms with E-state index in [0.29, 0.717) is 25.5 Å². The maximum Gasteiger partial charge on any atom is 0.323 e. The molecule has 1 aliphatic rings. The first-order chi connectivity index (χ1) is 12.2. The number of nitrogens with one attached hydrogen (secondary N) is 1. The highest BCUT2D eigenvalue weighted by Crippen LogP contribution is 2.26. The minimum Gasteiger partial charge on any atom is -0.496 e. The van der Waals surface area contributed by atoms with Gasteiger partial charge in [-0.25, -0.2) is 14.8 Å². The number of fused-ring (bicyclic) bond motifs is 1. The predicted molar refractivity (Wildman–Crippen MR) is 93.7 cm³/mol. The molecule has 25 heavy (non-hydrogen) atoms. The van der Waals surface area contributed by atoms with Crippen LogP contribution in [-0.4, -0.2) is 48.2 Å². The van der Waals surface area contributed by atoms with Crippen LogP contribution in [0.5, 0.6) is 5.75 Å².